The van der Waals surface area contributed by atoms with Gasteiger partial charge < -0.3 is 10.2 Å². The van der Waals surface area contributed by atoms with Gasteiger partial charge in [-0.05, 0) is 24.3 Å². The van der Waals surface area contributed by atoms with Crippen molar-refractivity contribution >= 4 is 85.3 Å². The topological polar surface area (TPSA) is 52.7 Å². The number of rotatable bonds is 4. The van der Waals surface area contributed by atoms with E-state index in [0.717, 1.165) is 10.1 Å². The highest BCUT2D eigenvalue weighted by Crippen LogP contribution is 2.37. The van der Waals surface area contributed by atoms with Gasteiger partial charge >= 0.3 is 0 Å². The molecule has 3 aromatic rings. The molecule has 0 saturated carbocycles. The van der Waals surface area contributed by atoms with Gasteiger partial charge in [-0.1, -0.05) is 58.5 Å². The van der Waals surface area contributed by atoms with Crippen molar-refractivity contribution < 1.29 is 9.59 Å². The number of carbonyl (C=O) groups is 2. The second-order valence-electron chi connectivity index (χ2n) is 7.10. The van der Waals surface area contributed by atoms with Gasteiger partial charge in [0.1, 0.15) is 4.88 Å². The quantitative estimate of drug-likeness (QED) is 0.468. The molecule has 2 aromatic carbocycles. The third kappa shape index (κ3) is 4.95. The van der Waals surface area contributed by atoms with E-state index in [1.165, 1.54) is 11.3 Å². The molecule has 0 aliphatic carbocycles. The summed E-state index contributed by atoms with van der Waals surface area (Å²) < 4.78 is 0.885. The van der Waals surface area contributed by atoms with Crippen LogP contribution in [0.4, 0.5) is 5.69 Å². The predicted molar refractivity (Wildman–Crippen MR) is 129 cm³/mol. The van der Waals surface area contributed by atoms with E-state index in [1.54, 1.807) is 29.2 Å². The lowest BCUT2D eigenvalue weighted by Crippen LogP contribution is -2.50. The van der Waals surface area contributed by atoms with Gasteiger partial charge in [0.25, 0.3) is 5.91 Å². The van der Waals surface area contributed by atoms with Crippen molar-refractivity contribution in [1.82, 2.24) is 9.80 Å². The third-order valence-electron chi connectivity index (χ3n) is 5.04. The number of nitrogens with zero attached hydrogens (tertiary/aromatic N) is 2. The van der Waals surface area contributed by atoms with Gasteiger partial charge in [0.2, 0.25) is 5.91 Å². The molecule has 0 spiro atoms. The van der Waals surface area contributed by atoms with Crippen molar-refractivity contribution in [3.05, 3.63) is 61.4 Å². The van der Waals surface area contributed by atoms with Crippen molar-refractivity contribution in [2.75, 3.05) is 38.0 Å². The van der Waals surface area contributed by atoms with Crippen LogP contribution in [-0.4, -0.2) is 54.3 Å². The molecular formula is C21H17Cl4N3O2S. The van der Waals surface area contributed by atoms with Gasteiger partial charge in [-0.25, -0.2) is 0 Å². The summed E-state index contributed by atoms with van der Waals surface area (Å²) in [5.41, 5.74) is 0.479. The van der Waals surface area contributed by atoms with E-state index < -0.39 is 0 Å². The first kappa shape index (κ1) is 22.6. The first-order valence-electron chi connectivity index (χ1n) is 9.46. The van der Waals surface area contributed by atoms with E-state index in [4.69, 9.17) is 46.4 Å². The number of hydrogen-bond donors (Lipinski definition) is 1. The summed E-state index contributed by atoms with van der Waals surface area (Å²) in [6.45, 7) is 2.38. The predicted octanol–water partition coefficient (Wildman–Crippen LogP) is 5.91. The highest BCUT2D eigenvalue weighted by molar-refractivity contribution is 7.21. The monoisotopic (exact) mass is 515 g/mol. The Morgan fingerprint density at radius 2 is 1.71 bits per heavy atom. The van der Waals surface area contributed by atoms with Crippen molar-refractivity contribution in [2.45, 2.75) is 0 Å². The first-order valence-corrected chi connectivity index (χ1v) is 11.8. The second kappa shape index (κ2) is 9.53. The fraction of sp³-hybridized carbons (Fsp3) is 0.238. The minimum atomic E-state index is -0.187. The number of thiophene rings is 1. The van der Waals surface area contributed by atoms with Crippen LogP contribution in [0.3, 0.4) is 0 Å². The lowest BCUT2D eigenvalue weighted by Gasteiger charge is -2.34. The largest absolute Gasteiger partial charge is 0.335 e. The highest BCUT2D eigenvalue weighted by atomic mass is 35.5. The zero-order valence-electron chi connectivity index (χ0n) is 16.1. The molecule has 4 rings (SSSR count). The van der Waals surface area contributed by atoms with Gasteiger partial charge in [-0.3, -0.25) is 14.5 Å². The lowest BCUT2D eigenvalue weighted by atomic mass is 10.2. The molecule has 1 aliphatic rings. The second-order valence-corrected chi connectivity index (χ2v) is 9.76. The minimum Gasteiger partial charge on any atom is -0.335 e. The molecule has 10 heteroatoms. The van der Waals surface area contributed by atoms with Crippen molar-refractivity contribution in [1.29, 1.82) is 0 Å². The van der Waals surface area contributed by atoms with Crippen LogP contribution in [0.25, 0.3) is 10.1 Å². The molecule has 2 amide bonds. The number of anilines is 1. The number of piperazine rings is 1. The normalized spacial score (nSPS) is 14.8. The Bertz CT molecular complexity index is 1160. The zero-order valence-corrected chi connectivity index (χ0v) is 20.0. The molecule has 1 saturated heterocycles. The molecule has 2 heterocycles. The molecule has 1 fully saturated rings. The maximum atomic E-state index is 13.0. The van der Waals surface area contributed by atoms with Crippen molar-refractivity contribution in [2.24, 2.45) is 0 Å². The van der Waals surface area contributed by atoms with Crippen molar-refractivity contribution in [3.8, 4) is 0 Å². The first-order chi connectivity index (χ1) is 14.8. The van der Waals surface area contributed by atoms with Crippen LogP contribution < -0.4 is 5.32 Å². The summed E-state index contributed by atoms with van der Waals surface area (Å²) in [4.78, 5) is 29.7. The maximum absolute atomic E-state index is 13.0. The van der Waals surface area contributed by atoms with Crippen LogP contribution in [0.2, 0.25) is 20.1 Å². The third-order valence-corrected chi connectivity index (χ3v) is 7.74. The highest BCUT2D eigenvalue weighted by Gasteiger charge is 2.27. The fourth-order valence-corrected chi connectivity index (χ4v) is 5.53. The van der Waals surface area contributed by atoms with Crippen LogP contribution in [0, 0.1) is 0 Å². The number of nitrogens with one attached hydrogen (secondary N) is 1. The number of benzene rings is 2. The van der Waals surface area contributed by atoms with E-state index in [9.17, 15) is 9.59 Å². The van der Waals surface area contributed by atoms with Crippen LogP contribution in [0.15, 0.2) is 36.4 Å². The molecular weight excluding hydrogens is 500 g/mol. The van der Waals surface area contributed by atoms with E-state index in [-0.39, 0.29) is 18.4 Å². The van der Waals surface area contributed by atoms with E-state index in [2.05, 4.69) is 5.32 Å². The van der Waals surface area contributed by atoms with Crippen LogP contribution in [0.1, 0.15) is 9.67 Å². The van der Waals surface area contributed by atoms with Gasteiger partial charge in [0.15, 0.2) is 0 Å². The fourth-order valence-electron chi connectivity index (χ4n) is 3.42. The Hall–Kier alpha value is -1.54. The smallest absolute Gasteiger partial charge is 0.265 e. The lowest BCUT2D eigenvalue weighted by molar-refractivity contribution is -0.117. The van der Waals surface area contributed by atoms with Gasteiger partial charge in [0.05, 0.1) is 27.3 Å². The summed E-state index contributed by atoms with van der Waals surface area (Å²) in [7, 11) is 0. The average molecular weight is 517 g/mol. The minimum absolute atomic E-state index is 0.0999. The zero-order chi connectivity index (χ0) is 22.1. The number of carbonyl (C=O) groups excluding carboxylic acids is 2. The maximum Gasteiger partial charge on any atom is 0.265 e. The standard InChI is InChI=1S/C21H17Cl4N3O2S/c22-12-4-5-13-16(10-12)31-20(18(13)24)21(30)28-8-6-27(7-9-28)11-17(29)26-15-3-1-2-14(23)19(15)25/h1-5,10H,6-9,11H2,(H,26,29). The molecule has 1 aliphatic heterocycles. The molecule has 5 nitrogen and oxygen atoms in total. The van der Waals surface area contributed by atoms with E-state index in [1.807, 2.05) is 17.0 Å². The Morgan fingerprint density at radius 1 is 0.968 bits per heavy atom. The summed E-state index contributed by atoms with van der Waals surface area (Å²) in [6.07, 6.45) is 0. The Kier molecular flexibility index (Phi) is 6.96. The summed E-state index contributed by atoms with van der Waals surface area (Å²) in [5.74, 6) is -0.287. The van der Waals surface area contributed by atoms with Crippen LogP contribution >= 0.6 is 57.7 Å². The molecule has 31 heavy (non-hydrogen) atoms. The van der Waals surface area contributed by atoms with E-state index >= 15 is 0 Å². The molecule has 0 atom stereocenters. The van der Waals surface area contributed by atoms with Crippen molar-refractivity contribution in [3.63, 3.8) is 0 Å². The Balaban J connectivity index is 1.35. The van der Waals surface area contributed by atoms with Gasteiger partial charge in [-0.15, -0.1) is 11.3 Å². The summed E-state index contributed by atoms with van der Waals surface area (Å²) >= 11 is 26.0. The molecule has 0 unspecified atom stereocenters. The van der Waals surface area contributed by atoms with Crippen LogP contribution in [-0.2, 0) is 4.79 Å². The molecule has 0 bridgehead atoms. The van der Waals surface area contributed by atoms with Gasteiger partial charge in [0, 0.05) is 41.3 Å². The number of amides is 2. The van der Waals surface area contributed by atoms with E-state index in [0.29, 0.717) is 56.8 Å². The summed E-state index contributed by atoms with van der Waals surface area (Å²) in [5, 5.41) is 5.37. The molecule has 0 radical (unpaired) electrons. The number of halogens is 4. The molecule has 162 valence electrons. The Morgan fingerprint density at radius 3 is 2.45 bits per heavy atom. The Labute approximate surface area is 203 Å². The number of hydrogen-bond acceptors (Lipinski definition) is 4. The SMILES string of the molecule is O=C(CN1CCN(C(=O)c2sc3cc(Cl)ccc3c2Cl)CC1)Nc1cccc(Cl)c1Cl. The molecule has 1 N–H and O–H groups in total. The van der Waals surface area contributed by atoms with Gasteiger partial charge in [-0.2, -0.15) is 0 Å². The summed E-state index contributed by atoms with van der Waals surface area (Å²) in [6, 6.07) is 10.5. The average Bonchev–Trinajstić information content (AvgIpc) is 3.07. The van der Waals surface area contributed by atoms with Crippen LogP contribution in [0.5, 0.6) is 0 Å². The number of fused-ring (bicyclic) bond motifs is 1. The molecule has 1 aromatic heterocycles.